The van der Waals surface area contributed by atoms with E-state index in [4.69, 9.17) is 10.5 Å². The van der Waals surface area contributed by atoms with Crippen LogP contribution in [-0.4, -0.2) is 0 Å². The number of benzene rings is 1. The summed E-state index contributed by atoms with van der Waals surface area (Å²) in [5, 5.41) is 0. The fraction of sp³-hybridized carbons (Fsp3) is 0.111. The molecule has 0 aliphatic rings. The second kappa shape index (κ2) is 3.52. The molecule has 0 aliphatic carbocycles. The van der Waals surface area contributed by atoms with Crippen LogP contribution in [0.5, 0.6) is 5.75 Å². The highest BCUT2D eigenvalue weighted by atomic mass is 16.5. The van der Waals surface area contributed by atoms with E-state index in [1.165, 1.54) is 0 Å². The predicted molar refractivity (Wildman–Crippen MR) is 44.9 cm³/mol. The summed E-state index contributed by atoms with van der Waals surface area (Å²) < 4.78 is 4.99. The quantitative estimate of drug-likeness (QED) is 0.484. The van der Waals surface area contributed by atoms with E-state index in [-0.39, 0.29) is 0 Å². The highest BCUT2D eigenvalue weighted by molar-refractivity contribution is 5.43. The molecule has 0 aliphatic heterocycles. The van der Waals surface area contributed by atoms with Crippen LogP contribution in [0.4, 0.5) is 5.69 Å². The van der Waals surface area contributed by atoms with Gasteiger partial charge in [0.25, 0.3) is 0 Å². The Kier molecular flexibility index (Phi) is 2.40. The third-order valence-corrected chi connectivity index (χ3v) is 1.13. The summed E-state index contributed by atoms with van der Waals surface area (Å²) in [4.78, 5) is 0. The van der Waals surface area contributed by atoms with Gasteiger partial charge in [-0.15, -0.1) is 0 Å². The third kappa shape index (κ3) is 2.23. The van der Waals surface area contributed by atoms with Crippen LogP contribution in [0, 0.1) is 12.0 Å². The van der Waals surface area contributed by atoms with E-state index in [0.717, 1.165) is 0 Å². The molecular weight excluding hydrogens is 138 g/mol. The molecule has 0 unspecified atom stereocenters. The topological polar surface area (TPSA) is 35.2 Å². The van der Waals surface area contributed by atoms with Gasteiger partial charge in [0.05, 0.1) is 0 Å². The molecule has 0 aromatic heterocycles. The highest BCUT2D eigenvalue weighted by Gasteiger charge is 1.89. The van der Waals surface area contributed by atoms with E-state index in [2.05, 4.69) is 12.0 Å². The first-order chi connectivity index (χ1) is 5.33. The Hall–Kier alpha value is -1.62. The minimum Gasteiger partial charge on any atom is -0.408 e. The van der Waals surface area contributed by atoms with Gasteiger partial charge in [-0.3, -0.25) is 0 Å². The summed E-state index contributed by atoms with van der Waals surface area (Å²) in [6, 6.07) is 7.15. The standard InChI is InChI=1S/C9H9NO/c1-2-6-11-9-5-3-4-8(10)7-9/h3-5,7H,10H2,1H3. The lowest BCUT2D eigenvalue weighted by Crippen LogP contribution is -1.86. The van der Waals surface area contributed by atoms with Crippen molar-refractivity contribution in [3.05, 3.63) is 24.3 Å². The molecule has 0 spiro atoms. The number of anilines is 1. The summed E-state index contributed by atoms with van der Waals surface area (Å²) in [5.74, 6) is 3.30. The lowest BCUT2D eigenvalue weighted by atomic mass is 10.3. The lowest BCUT2D eigenvalue weighted by Gasteiger charge is -1.96. The molecule has 0 saturated heterocycles. The van der Waals surface area contributed by atoms with Gasteiger partial charge in [-0.1, -0.05) is 12.0 Å². The van der Waals surface area contributed by atoms with Crippen LogP contribution in [0.2, 0.25) is 0 Å². The summed E-state index contributed by atoms with van der Waals surface area (Å²) in [6.07, 6.45) is 2.49. The van der Waals surface area contributed by atoms with Crippen molar-refractivity contribution in [1.29, 1.82) is 0 Å². The van der Waals surface area contributed by atoms with Crippen LogP contribution in [0.15, 0.2) is 24.3 Å². The summed E-state index contributed by atoms with van der Waals surface area (Å²) in [7, 11) is 0. The predicted octanol–water partition coefficient (Wildman–Crippen LogP) is 1.63. The second-order valence-electron chi connectivity index (χ2n) is 2.03. The SMILES string of the molecule is CC#COc1cccc(N)c1. The number of hydrogen-bond donors (Lipinski definition) is 1. The molecule has 0 bridgehead atoms. The summed E-state index contributed by atoms with van der Waals surface area (Å²) in [5.41, 5.74) is 6.18. The smallest absolute Gasteiger partial charge is 0.142 e. The molecule has 0 radical (unpaired) electrons. The average molecular weight is 147 g/mol. The fourth-order valence-electron chi connectivity index (χ4n) is 0.688. The van der Waals surface area contributed by atoms with Crippen molar-refractivity contribution < 1.29 is 4.74 Å². The lowest BCUT2D eigenvalue weighted by molar-refractivity contribution is 0.520. The Morgan fingerprint density at radius 3 is 2.91 bits per heavy atom. The van der Waals surface area contributed by atoms with Gasteiger partial charge in [0.15, 0.2) is 0 Å². The van der Waals surface area contributed by atoms with E-state index < -0.39 is 0 Å². The van der Waals surface area contributed by atoms with Gasteiger partial charge < -0.3 is 10.5 Å². The molecule has 56 valence electrons. The molecule has 1 rings (SSSR count). The molecule has 0 atom stereocenters. The molecule has 1 aromatic carbocycles. The Morgan fingerprint density at radius 1 is 1.45 bits per heavy atom. The highest BCUT2D eigenvalue weighted by Crippen LogP contribution is 2.13. The maximum absolute atomic E-state index is 5.50. The molecule has 2 nitrogen and oxygen atoms in total. The Morgan fingerprint density at radius 2 is 2.27 bits per heavy atom. The Balaban J connectivity index is 2.76. The van der Waals surface area contributed by atoms with Crippen LogP contribution >= 0.6 is 0 Å². The van der Waals surface area contributed by atoms with E-state index >= 15 is 0 Å². The zero-order valence-corrected chi connectivity index (χ0v) is 6.29. The number of rotatable bonds is 1. The number of hydrogen-bond acceptors (Lipinski definition) is 2. The van der Waals surface area contributed by atoms with Crippen molar-refractivity contribution in [2.45, 2.75) is 6.92 Å². The maximum Gasteiger partial charge on any atom is 0.142 e. The number of ether oxygens (including phenoxy) is 1. The van der Waals surface area contributed by atoms with Crippen LogP contribution in [-0.2, 0) is 0 Å². The van der Waals surface area contributed by atoms with Crippen molar-refractivity contribution >= 4 is 5.69 Å². The van der Waals surface area contributed by atoms with Crippen molar-refractivity contribution in [2.75, 3.05) is 5.73 Å². The first kappa shape index (κ1) is 7.49. The van der Waals surface area contributed by atoms with Gasteiger partial charge in [0.2, 0.25) is 0 Å². The molecule has 2 N–H and O–H groups in total. The van der Waals surface area contributed by atoms with Crippen molar-refractivity contribution in [2.24, 2.45) is 0 Å². The zero-order valence-electron chi connectivity index (χ0n) is 6.29. The molecule has 2 heteroatoms. The van der Waals surface area contributed by atoms with E-state index in [9.17, 15) is 0 Å². The molecular formula is C9H9NO. The zero-order chi connectivity index (χ0) is 8.10. The number of nitrogen functional groups attached to an aromatic ring is 1. The monoisotopic (exact) mass is 147 g/mol. The van der Waals surface area contributed by atoms with E-state index in [1.54, 1.807) is 25.1 Å². The van der Waals surface area contributed by atoms with Crippen LogP contribution in [0.25, 0.3) is 0 Å². The summed E-state index contributed by atoms with van der Waals surface area (Å²) >= 11 is 0. The van der Waals surface area contributed by atoms with Crippen molar-refractivity contribution in [3.63, 3.8) is 0 Å². The van der Waals surface area contributed by atoms with Gasteiger partial charge in [-0.05, 0) is 12.1 Å². The molecule has 0 amide bonds. The van der Waals surface area contributed by atoms with Gasteiger partial charge in [0.1, 0.15) is 11.9 Å². The van der Waals surface area contributed by atoms with Crippen LogP contribution in [0.1, 0.15) is 6.92 Å². The van der Waals surface area contributed by atoms with Gasteiger partial charge in [-0.2, -0.15) is 0 Å². The fourth-order valence-corrected chi connectivity index (χ4v) is 0.688. The van der Waals surface area contributed by atoms with E-state index in [0.29, 0.717) is 11.4 Å². The van der Waals surface area contributed by atoms with Gasteiger partial charge in [0, 0.05) is 18.7 Å². The summed E-state index contributed by atoms with van der Waals surface area (Å²) in [6.45, 7) is 1.71. The van der Waals surface area contributed by atoms with Crippen LogP contribution < -0.4 is 10.5 Å². The van der Waals surface area contributed by atoms with Gasteiger partial charge >= 0.3 is 0 Å². The molecule has 0 fully saturated rings. The Bertz CT molecular complexity index is 296. The van der Waals surface area contributed by atoms with Crippen molar-refractivity contribution in [3.8, 4) is 17.8 Å². The average Bonchev–Trinajstić information content (AvgIpc) is 2.01. The molecule has 11 heavy (non-hydrogen) atoms. The first-order valence-corrected chi connectivity index (χ1v) is 3.27. The van der Waals surface area contributed by atoms with Gasteiger partial charge in [-0.25, -0.2) is 0 Å². The molecule has 0 heterocycles. The van der Waals surface area contributed by atoms with E-state index in [1.807, 2.05) is 6.07 Å². The minimum absolute atomic E-state index is 0.680. The minimum atomic E-state index is 0.680. The third-order valence-electron chi connectivity index (χ3n) is 1.13. The first-order valence-electron chi connectivity index (χ1n) is 3.27. The number of nitrogens with two attached hydrogens (primary N) is 1. The van der Waals surface area contributed by atoms with Crippen LogP contribution in [0.3, 0.4) is 0 Å². The second-order valence-corrected chi connectivity index (χ2v) is 2.03. The molecule has 1 aromatic rings. The largest absolute Gasteiger partial charge is 0.408 e. The Labute approximate surface area is 66.0 Å². The molecule has 0 saturated carbocycles. The normalized spacial score (nSPS) is 8.09. The van der Waals surface area contributed by atoms with Crippen molar-refractivity contribution in [1.82, 2.24) is 0 Å². The maximum atomic E-state index is 5.50.